The Hall–Kier alpha value is -3.52. The van der Waals surface area contributed by atoms with Gasteiger partial charge in [0.25, 0.3) is 11.8 Å². The van der Waals surface area contributed by atoms with Crippen molar-refractivity contribution in [2.24, 2.45) is 0 Å². The van der Waals surface area contributed by atoms with Gasteiger partial charge in [-0.2, -0.15) is 10.5 Å². The van der Waals surface area contributed by atoms with Crippen LogP contribution in [0.4, 0.5) is 0 Å². The van der Waals surface area contributed by atoms with Gasteiger partial charge in [0.2, 0.25) is 0 Å². The van der Waals surface area contributed by atoms with Gasteiger partial charge in [-0.15, -0.1) is 0 Å². The minimum absolute atomic E-state index is 0.244. The number of hydrogen-bond donors (Lipinski definition) is 3. The minimum Gasteiger partial charge on any atom is -0.356 e. The van der Waals surface area contributed by atoms with Crippen molar-refractivity contribution in [1.82, 2.24) is 20.2 Å². The van der Waals surface area contributed by atoms with Crippen molar-refractivity contribution in [2.45, 2.75) is 13.0 Å². The first kappa shape index (κ1) is 16.8. The summed E-state index contributed by atoms with van der Waals surface area (Å²) in [5, 5.41) is 20.2. The van der Waals surface area contributed by atoms with E-state index in [9.17, 15) is 9.59 Å². The summed E-state index contributed by atoms with van der Waals surface area (Å²) in [6, 6.07) is 6.56. The summed E-state index contributed by atoms with van der Waals surface area (Å²) >= 11 is 0. The Labute approximate surface area is 138 Å². The molecule has 0 aliphatic rings. The summed E-state index contributed by atoms with van der Waals surface area (Å²) in [6.07, 6.45) is 2.91. The largest absolute Gasteiger partial charge is 0.356 e. The van der Waals surface area contributed by atoms with Gasteiger partial charge in [-0.3, -0.25) is 9.59 Å². The van der Waals surface area contributed by atoms with Crippen molar-refractivity contribution in [3.8, 4) is 12.1 Å². The Bertz CT molecular complexity index is 835. The molecule has 0 saturated carbocycles. The predicted molar refractivity (Wildman–Crippen MR) is 84.9 cm³/mol. The fourth-order valence-corrected chi connectivity index (χ4v) is 2.04. The van der Waals surface area contributed by atoms with Crippen molar-refractivity contribution < 1.29 is 9.59 Å². The van der Waals surface area contributed by atoms with E-state index >= 15 is 0 Å². The zero-order valence-corrected chi connectivity index (χ0v) is 13.3. The van der Waals surface area contributed by atoms with Crippen molar-refractivity contribution in [2.75, 3.05) is 13.6 Å². The summed E-state index contributed by atoms with van der Waals surface area (Å²) in [5.74, 6) is -0.624. The molecule has 2 aromatic heterocycles. The van der Waals surface area contributed by atoms with Gasteiger partial charge in [0.05, 0.1) is 11.1 Å². The highest BCUT2D eigenvalue weighted by Crippen LogP contribution is 2.08. The molecule has 0 aliphatic heterocycles. The molecule has 122 valence electrons. The molecule has 0 aromatic carbocycles. The molecule has 0 spiro atoms. The fraction of sp³-hybridized carbons (Fsp3) is 0.250. The highest BCUT2D eigenvalue weighted by atomic mass is 16.2. The Morgan fingerprint density at radius 2 is 1.71 bits per heavy atom. The number of nitriles is 2. The molecule has 3 N–H and O–H groups in total. The molecule has 0 radical (unpaired) electrons. The molecule has 8 nitrogen and oxygen atoms in total. The second-order valence-corrected chi connectivity index (χ2v) is 5.30. The number of carbonyl (C=O) groups is 2. The van der Waals surface area contributed by atoms with Crippen LogP contribution in [0.1, 0.15) is 39.0 Å². The first-order valence-corrected chi connectivity index (χ1v) is 7.18. The van der Waals surface area contributed by atoms with E-state index in [1.54, 1.807) is 14.0 Å². The van der Waals surface area contributed by atoms with E-state index in [0.717, 1.165) is 0 Å². The van der Waals surface area contributed by atoms with Crippen LogP contribution >= 0.6 is 0 Å². The van der Waals surface area contributed by atoms with E-state index in [-0.39, 0.29) is 30.1 Å². The number of carbonyl (C=O) groups excluding carboxylic acids is 2. The number of nitrogens with zero attached hydrogens (tertiary/aromatic N) is 3. The SMILES string of the molecule is CC(CNC(=O)c1cc(C#N)c[nH]1)N(C)C(=O)c1cc(C#N)c[nH]1. The monoisotopic (exact) mass is 324 g/mol. The Kier molecular flexibility index (Phi) is 5.03. The lowest BCUT2D eigenvalue weighted by atomic mass is 10.2. The van der Waals surface area contributed by atoms with Gasteiger partial charge >= 0.3 is 0 Å². The standard InChI is InChI=1S/C16H16N6O2/c1-10(7-21-15(23)13-3-11(5-17)8-19-13)22(2)16(24)14-4-12(6-18)9-20-14/h3-4,8-10,19-20H,7H2,1-2H3,(H,21,23). The van der Waals surface area contributed by atoms with Gasteiger partial charge in [-0.25, -0.2) is 0 Å². The summed E-state index contributed by atoms with van der Waals surface area (Å²) in [4.78, 5) is 31.2. The second-order valence-electron chi connectivity index (χ2n) is 5.30. The number of nitrogens with one attached hydrogen (secondary N) is 3. The maximum Gasteiger partial charge on any atom is 0.270 e. The number of likely N-dealkylation sites (N-methyl/N-ethyl adjacent to an activating group) is 1. The highest BCUT2D eigenvalue weighted by molar-refractivity contribution is 5.94. The van der Waals surface area contributed by atoms with Crippen LogP contribution in [0, 0.1) is 22.7 Å². The fourth-order valence-electron chi connectivity index (χ4n) is 2.04. The van der Waals surface area contributed by atoms with Crippen LogP contribution in [0.15, 0.2) is 24.5 Å². The Morgan fingerprint density at radius 1 is 1.17 bits per heavy atom. The molecule has 0 fully saturated rings. The van der Waals surface area contributed by atoms with Crippen molar-refractivity contribution >= 4 is 11.8 Å². The molecule has 1 atom stereocenters. The number of aromatic amines is 2. The lowest BCUT2D eigenvalue weighted by Gasteiger charge is -2.24. The third-order valence-corrected chi connectivity index (χ3v) is 3.64. The number of hydrogen-bond acceptors (Lipinski definition) is 4. The maximum absolute atomic E-state index is 12.3. The molecule has 8 heteroatoms. The third kappa shape index (κ3) is 3.62. The number of H-pyrrole nitrogens is 2. The zero-order chi connectivity index (χ0) is 17.7. The van der Waals surface area contributed by atoms with Gasteiger partial charge < -0.3 is 20.2 Å². The molecule has 2 rings (SSSR count). The van der Waals surface area contributed by atoms with Crippen LogP contribution in [-0.2, 0) is 0 Å². The van der Waals surface area contributed by atoms with Gasteiger partial charge in [0.1, 0.15) is 23.5 Å². The van der Waals surface area contributed by atoms with E-state index in [0.29, 0.717) is 16.8 Å². The lowest BCUT2D eigenvalue weighted by Crippen LogP contribution is -2.43. The van der Waals surface area contributed by atoms with Crippen LogP contribution in [0.5, 0.6) is 0 Å². The molecule has 0 aliphatic carbocycles. The molecular formula is C16H16N6O2. The van der Waals surface area contributed by atoms with E-state index in [4.69, 9.17) is 10.5 Å². The molecule has 0 saturated heterocycles. The minimum atomic E-state index is -0.351. The zero-order valence-electron chi connectivity index (χ0n) is 13.3. The normalized spacial score (nSPS) is 11.2. The molecule has 1 unspecified atom stereocenters. The van der Waals surface area contributed by atoms with E-state index in [1.165, 1.54) is 29.4 Å². The van der Waals surface area contributed by atoms with Crippen molar-refractivity contribution in [3.63, 3.8) is 0 Å². The average molecular weight is 324 g/mol. The van der Waals surface area contributed by atoms with Crippen LogP contribution < -0.4 is 5.32 Å². The summed E-state index contributed by atoms with van der Waals surface area (Å²) in [6.45, 7) is 2.04. The topological polar surface area (TPSA) is 129 Å². The molecule has 2 amide bonds. The van der Waals surface area contributed by atoms with E-state index in [2.05, 4.69) is 15.3 Å². The Balaban J connectivity index is 1.92. The van der Waals surface area contributed by atoms with Crippen LogP contribution in [0.25, 0.3) is 0 Å². The number of rotatable bonds is 5. The molecular weight excluding hydrogens is 308 g/mol. The first-order valence-electron chi connectivity index (χ1n) is 7.18. The summed E-state index contributed by atoms with van der Waals surface area (Å²) in [7, 11) is 1.62. The highest BCUT2D eigenvalue weighted by Gasteiger charge is 2.20. The van der Waals surface area contributed by atoms with Gasteiger partial charge in [0.15, 0.2) is 0 Å². The average Bonchev–Trinajstić information content (AvgIpc) is 3.26. The molecule has 24 heavy (non-hydrogen) atoms. The van der Waals surface area contributed by atoms with E-state index in [1.807, 2.05) is 12.1 Å². The van der Waals surface area contributed by atoms with Crippen LogP contribution in [0.3, 0.4) is 0 Å². The Morgan fingerprint density at radius 3 is 2.25 bits per heavy atom. The van der Waals surface area contributed by atoms with E-state index < -0.39 is 0 Å². The number of amides is 2. The number of aromatic nitrogens is 2. The first-order chi connectivity index (χ1) is 11.5. The van der Waals surface area contributed by atoms with Gasteiger partial charge in [-0.05, 0) is 19.1 Å². The predicted octanol–water partition coefficient (Wildman–Crippen LogP) is 0.977. The molecule has 2 heterocycles. The van der Waals surface area contributed by atoms with Crippen LogP contribution in [0.2, 0.25) is 0 Å². The van der Waals surface area contributed by atoms with Crippen molar-refractivity contribution in [3.05, 3.63) is 47.0 Å². The third-order valence-electron chi connectivity index (χ3n) is 3.64. The van der Waals surface area contributed by atoms with Gasteiger partial charge in [-0.1, -0.05) is 0 Å². The lowest BCUT2D eigenvalue weighted by molar-refractivity contribution is 0.0726. The quantitative estimate of drug-likeness (QED) is 0.757. The maximum atomic E-state index is 12.3. The van der Waals surface area contributed by atoms with Crippen molar-refractivity contribution in [1.29, 1.82) is 10.5 Å². The summed E-state index contributed by atoms with van der Waals surface area (Å²) in [5.41, 5.74) is 1.36. The summed E-state index contributed by atoms with van der Waals surface area (Å²) < 4.78 is 0. The molecule has 0 bridgehead atoms. The smallest absolute Gasteiger partial charge is 0.270 e. The van der Waals surface area contributed by atoms with Crippen LogP contribution in [-0.4, -0.2) is 46.3 Å². The molecule has 2 aromatic rings. The second kappa shape index (κ2) is 7.16. The van der Waals surface area contributed by atoms with Gasteiger partial charge in [0, 0.05) is 32.0 Å².